The van der Waals surface area contributed by atoms with Gasteiger partial charge in [0.15, 0.2) is 5.69 Å². The van der Waals surface area contributed by atoms with Crippen LogP contribution in [-0.4, -0.2) is 21.0 Å². The fourth-order valence-corrected chi connectivity index (χ4v) is 3.04. The molecule has 5 nitrogen and oxygen atoms in total. The Hall–Kier alpha value is -2.66. The SMILES string of the molecule is Cc1cc(C(C)Nc2ccc(Cl)nc2C(=O)O)c2ccc(C)nc2c1. The summed E-state index contributed by atoms with van der Waals surface area (Å²) >= 11 is 5.82. The number of nitrogens with zero attached hydrogens (tertiary/aromatic N) is 2. The minimum Gasteiger partial charge on any atom is -0.476 e. The van der Waals surface area contributed by atoms with Gasteiger partial charge in [0.1, 0.15) is 5.15 Å². The average molecular weight is 356 g/mol. The number of carboxylic acids is 1. The molecule has 0 fully saturated rings. The van der Waals surface area contributed by atoms with E-state index in [0.717, 1.165) is 27.7 Å². The molecule has 0 aliphatic carbocycles. The Bertz CT molecular complexity index is 967. The van der Waals surface area contributed by atoms with Gasteiger partial charge in [-0.15, -0.1) is 0 Å². The van der Waals surface area contributed by atoms with Crippen LogP contribution in [0, 0.1) is 13.8 Å². The zero-order valence-electron chi connectivity index (χ0n) is 14.2. The molecule has 1 unspecified atom stereocenters. The number of anilines is 1. The molecule has 25 heavy (non-hydrogen) atoms. The summed E-state index contributed by atoms with van der Waals surface area (Å²) in [7, 11) is 0. The molecular weight excluding hydrogens is 338 g/mol. The highest BCUT2D eigenvalue weighted by Gasteiger charge is 2.17. The van der Waals surface area contributed by atoms with Gasteiger partial charge in [-0.1, -0.05) is 23.7 Å². The average Bonchev–Trinajstić information content (AvgIpc) is 2.55. The summed E-state index contributed by atoms with van der Waals surface area (Å²) in [6.07, 6.45) is 0. The molecule has 0 bridgehead atoms. The van der Waals surface area contributed by atoms with Gasteiger partial charge in [-0.05, 0) is 56.2 Å². The zero-order chi connectivity index (χ0) is 18.1. The number of halogens is 1. The third kappa shape index (κ3) is 3.56. The first-order chi connectivity index (χ1) is 11.8. The molecule has 0 amide bonds. The number of rotatable bonds is 4. The van der Waals surface area contributed by atoms with E-state index in [1.165, 1.54) is 0 Å². The van der Waals surface area contributed by atoms with Gasteiger partial charge >= 0.3 is 5.97 Å². The van der Waals surface area contributed by atoms with E-state index in [1.54, 1.807) is 12.1 Å². The smallest absolute Gasteiger partial charge is 0.356 e. The molecule has 3 aromatic rings. The molecule has 3 rings (SSSR count). The maximum absolute atomic E-state index is 11.4. The number of hydrogen-bond donors (Lipinski definition) is 2. The van der Waals surface area contributed by atoms with E-state index in [4.69, 9.17) is 11.6 Å². The topological polar surface area (TPSA) is 75.1 Å². The van der Waals surface area contributed by atoms with Crippen LogP contribution in [0.3, 0.4) is 0 Å². The Balaban J connectivity index is 2.04. The van der Waals surface area contributed by atoms with Crippen molar-refractivity contribution in [1.82, 2.24) is 9.97 Å². The fraction of sp³-hybridized carbons (Fsp3) is 0.211. The number of fused-ring (bicyclic) bond motifs is 1. The largest absolute Gasteiger partial charge is 0.476 e. The lowest BCUT2D eigenvalue weighted by atomic mass is 9.99. The van der Waals surface area contributed by atoms with E-state index in [1.807, 2.05) is 39.0 Å². The van der Waals surface area contributed by atoms with Gasteiger partial charge in [0, 0.05) is 17.1 Å². The molecule has 0 aliphatic rings. The second-order valence-corrected chi connectivity index (χ2v) is 6.46. The zero-order valence-corrected chi connectivity index (χ0v) is 14.9. The predicted molar refractivity (Wildman–Crippen MR) is 99.5 cm³/mol. The highest BCUT2D eigenvalue weighted by Crippen LogP contribution is 2.29. The van der Waals surface area contributed by atoms with Crippen molar-refractivity contribution in [3.8, 4) is 0 Å². The molecule has 0 aliphatic heterocycles. The molecule has 0 radical (unpaired) electrons. The number of nitrogens with one attached hydrogen (secondary N) is 1. The van der Waals surface area contributed by atoms with Crippen molar-refractivity contribution < 1.29 is 9.90 Å². The minimum atomic E-state index is -1.12. The summed E-state index contributed by atoms with van der Waals surface area (Å²) in [5.41, 5.74) is 4.37. The Kier molecular flexibility index (Phi) is 4.59. The lowest BCUT2D eigenvalue weighted by Gasteiger charge is -2.19. The lowest BCUT2D eigenvalue weighted by molar-refractivity contribution is 0.0691. The van der Waals surface area contributed by atoms with Gasteiger partial charge in [-0.25, -0.2) is 9.78 Å². The Morgan fingerprint density at radius 3 is 2.64 bits per heavy atom. The summed E-state index contributed by atoms with van der Waals surface area (Å²) in [6, 6.07) is 11.2. The van der Waals surface area contributed by atoms with E-state index in [0.29, 0.717) is 5.69 Å². The standard InChI is InChI=1S/C19H18ClN3O2/c1-10-8-14(13-5-4-11(2)21-16(13)9-10)12(3)22-15-6-7-17(20)23-18(15)19(24)25/h4-9,12,22H,1-3H3,(H,24,25). The highest BCUT2D eigenvalue weighted by atomic mass is 35.5. The van der Waals surface area contributed by atoms with Crippen LogP contribution in [0.15, 0.2) is 36.4 Å². The monoisotopic (exact) mass is 355 g/mol. The normalized spacial score (nSPS) is 12.2. The van der Waals surface area contributed by atoms with Crippen LogP contribution in [0.5, 0.6) is 0 Å². The first kappa shape index (κ1) is 17.2. The lowest BCUT2D eigenvalue weighted by Crippen LogP contribution is -2.13. The number of carboxylic acid groups (broad SMARTS) is 1. The minimum absolute atomic E-state index is 0.0923. The van der Waals surface area contributed by atoms with Gasteiger partial charge < -0.3 is 10.4 Å². The molecule has 128 valence electrons. The number of hydrogen-bond acceptors (Lipinski definition) is 4. The van der Waals surface area contributed by atoms with Crippen LogP contribution in [-0.2, 0) is 0 Å². The Labute approximate surface area is 150 Å². The van der Waals surface area contributed by atoms with Crippen LogP contribution in [0.4, 0.5) is 5.69 Å². The highest BCUT2D eigenvalue weighted by molar-refractivity contribution is 6.29. The number of aromatic nitrogens is 2. The van der Waals surface area contributed by atoms with Crippen molar-refractivity contribution >= 4 is 34.2 Å². The predicted octanol–water partition coefficient (Wildman–Crippen LogP) is 4.77. The van der Waals surface area contributed by atoms with Gasteiger partial charge in [-0.3, -0.25) is 4.98 Å². The van der Waals surface area contributed by atoms with Gasteiger partial charge in [0.05, 0.1) is 11.2 Å². The number of aromatic carboxylic acids is 1. The molecule has 1 atom stereocenters. The fourth-order valence-electron chi connectivity index (χ4n) is 2.90. The van der Waals surface area contributed by atoms with E-state index < -0.39 is 5.97 Å². The Morgan fingerprint density at radius 1 is 1.16 bits per heavy atom. The second-order valence-electron chi connectivity index (χ2n) is 6.07. The number of pyridine rings is 2. The second kappa shape index (κ2) is 6.69. The molecule has 0 saturated carbocycles. The summed E-state index contributed by atoms with van der Waals surface area (Å²) < 4.78 is 0. The van der Waals surface area contributed by atoms with Crippen LogP contribution in [0.1, 0.15) is 40.3 Å². The molecule has 2 aromatic heterocycles. The molecule has 0 saturated heterocycles. The molecule has 0 spiro atoms. The third-order valence-electron chi connectivity index (χ3n) is 4.02. The first-order valence-corrected chi connectivity index (χ1v) is 8.27. The van der Waals surface area contributed by atoms with Crippen molar-refractivity contribution in [1.29, 1.82) is 0 Å². The third-order valence-corrected chi connectivity index (χ3v) is 4.24. The van der Waals surface area contributed by atoms with Crippen molar-refractivity contribution in [2.24, 2.45) is 0 Å². The molecular formula is C19H18ClN3O2. The van der Waals surface area contributed by atoms with Gasteiger partial charge in [0.25, 0.3) is 0 Å². The van der Waals surface area contributed by atoms with Crippen molar-refractivity contribution in [2.45, 2.75) is 26.8 Å². The summed E-state index contributed by atoms with van der Waals surface area (Å²) in [4.78, 5) is 19.9. The Morgan fingerprint density at radius 2 is 1.92 bits per heavy atom. The number of aryl methyl sites for hydroxylation is 2. The van der Waals surface area contributed by atoms with Crippen molar-refractivity contribution in [3.63, 3.8) is 0 Å². The quantitative estimate of drug-likeness (QED) is 0.659. The van der Waals surface area contributed by atoms with Crippen LogP contribution < -0.4 is 5.32 Å². The number of carbonyl (C=O) groups is 1. The van der Waals surface area contributed by atoms with Gasteiger partial charge in [-0.2, -0.15) is 0 Å². The van der Waals surface area contributed by atoms with E-state index in [9.17, 15) is 9.90 Å². The van der Waals surface area contributed by atoms with E-state index in [2.05, 4.69) is 21.4 Å². The summed E-state index contributed by atoms with van der Waals surface area (Å²) in [6.45, 7) is 5.96. The molecule has 6 heteroatoms. The molecule has 2 heterocycles. The maximum Gasteiger partial charge on any atom is 0.356 e. The molecule has 2 N–H and O–H groups in total. The first-order valence-electron chi connectivity index (χ1n) is 7.89. The van der Waals surface area contributed by atoms with E-state index in [-0.39, 0.29) is 16.9 Å². The summed E-state index contributed by atoms with van der Waals surface area (Å²) in [5, 5.41) is 13.8. The van der Waals surface area contributed by atoms with Crippen molar-refractivity contribution in [2.75, 3.05) is 5.32 Å². The summed E-state index contributed by atoms with van der Waals surface area (Å²) in [5.74, 6) is -1.12. The number of benzene rings is 1. The maximum atomic E-state index is 11.4. The van der Waals surface area contributed by atoms with Crippen LogP contribution in [0.25, 0.3) is 10.9 Å². The van der Waals surface area contributed by atoms with Crippen LogP contribution in [0.2, 0.25) is 5.15 Å². The van der Waals surface area contributed by atoms with Crippen LogP contribution >= 0.6 is 11.6 Å². The van der Waals surface area contributed by atoms with E-state index >= 15 is 0 Å². The van der Waals surface area contributed by atoms with Crippen molar-refractivity contribution in [3.05, 3.63) is 64.1 Å². The van der Waals surface area contributed by atoms with Gasteiger partial charge in [0.2, 0.25) is 0 Å². The molecule has 1 aromatic carbocycles.